The Hall–Kier alpha value is -2.96. The van der Waals surface area contributed by atoms with E-state index in [-0.39, 0.29) is 11.3 Å². The number of carboxylic acid groups (broad SMARTS) is 1. The summed E-state index contributed by atoms with van der Waals surface area (Å²) >= 11 is 0. The minimum atomic E-state index is -1.33. The number of aromatic hydroxyl groups is 1. The second-order valence-electron chi connectivity index (χ2n) is 4.09. The predicted octanol–water partition coefficient (Wildman–Crippen LogP) is 2.62. The number of phenols is 1. The Morgan fingerprint density at radius 1 is 1.10 bits per heavy atom. The Labute approximate surface area is 117 Å². The van der Waals surface area contributed by atoms with Crippen LogP contribution in [0.5, 0.6) is 5.75 Å². The lowest BCUT2D eigenvalue weighted by atomic mass is 10.1. The number of aromatic carboxylic acids is 1. The van der Waals surface area contributed by atoms with Crippen molar-refractivity contribution in [3.05, 3.63) is 59.2 Å². The highest BCUT2D eigenvalue weighted by Crippen LogP contribution is 2.25. The van der Waals surface area contributed by atoms with Crippen LogP contribution in [0.2, 0.25) is 0 Å². The maximum absolute atomic E-state index is 13.5. The van der Waals surface area contributed by atoms with Crippen molar-refractivity contribution in [1.82, 2.24) is 0 Å². The Morgan fingerprint density at radius 3 is 2.48 bits per heavy atom. The van der Waals surface area contributed by atoms with Crippen LogP contribution in [0.15, 0.2) is 36.4 Å². The minimum Gasteiger partial charge on any atom is -0.506 e. The number of amides is 1. The first-order valence-electron chi connectivity index (χ1n) is 5.72. The zero-order valence-corrected chi connectivity index (χ0v) is 10.4. The van der Waals surface area contributed by atoms with Gasteiger partial charge < -0.3 is 15.5 Å². The third-order valence-corrected chi connectivity index (χ3v) is 2.69. The van der Waals surface area contributed by atoms with E-state index in [9.17, 15) is 23.5 Å². The third-order valence-electron chi connectivity index (χ3n) is 2.69. The van der Waals surface area contributed by atoms with Crippen LogP contribution < -0.4 is 5.32 Å². The highest BCUT2D eigenvalue weighted by molar-refractivity contribution is 6.05. The van der Waals surface area contributed by atoms with E-state index in [1.807, 2.05) is 0 Å². The summed E-state index contributed by atoms with van der Waals surface area (Å²) in [5.74, 6) is -5.19. The molecule has 0 bridgehead atoms. The van der Waals surface area contributed by atoms with Gasteiger partial charge in [-0.25, -0.2) is 13.6 Å². The van der Waals surface area contributed by atoms with Crippen LogP contribution in [-0.2, 0) is 0 Å². The van der Waals surface area contributed by atoms with Gasteiger partial charge in [-0.3, -0.25) is 4.79 Å². The van der Waals surface area contributed by atoms with Crippen molar-refractivity contribution in [3.63, 3.8) is 0 Å². The van der Waals surface area contributed by atoms with E-state index in [4.69, 9.17) is 5.11 Å². The van der Waals surface area contributed by atoms with Gasteiger partial charge in [-0.1, -0.05) is 6.07 Å². The van der Waals surface area contributed by atoms with E-state index in [0.29, 0.717) is 0 Å². The molecule has 0 radical (unpaired) electrons. The maximum Gasteiger partial charge on any atom is 0.335 e. The Balaban J connectivity index is 2.33. The molecule has 0 aliphatic carbocycles. The van der Waals surface area contributed by atoms with E-state index in [0.717, 1.165) is 36.4 Å². The number of carbonyl (C=O) groups excluding carboxylic acids is 1. The molecule has 3 N–H and O–H groups in total. The molecule has 2 aromatic carbocycles. The molecule has 5 nitrogen and oxygen atoms in total. The third kappa shape index (κ3) is 2.97. The summed E-state index contributed by atoms with van der Waals surface area (Å²) in [7, 11) is 0. The number of benzene rings is 2. The monoisotopic (exact) mass is 293 g/mol. The molecule has 2 aromatic rings. The molecular formula is C14H9F2NO4. The highest BCUT2D eigenvalue weighted by atomic mass is 19.2. The van der Waals surface area contributed by atoms with E-state index >= 15 is 0 Å². The van der Waals surface area contributed by atoms with Crippen LogP contribution in [-0.4, -0.2) is 22.1 Å². The number of rotatable bonds is 3. The molecule has 0 aliphatic rings. The van der Waals surface area contributed by atoms with Crippen molar-refractivity contribution in [1.29, 1.82) is 0 Å². The molecule has 1 amide bonds. The molecule has 0 atom stereocenters. The largest absolute Gasteiger partial charge is 0.506 e. The van der Waals surface area contributed by atoms with E-state index in [1.54, 1.807) is 0 Å². The SMILES string of the molecule is O=C(O)c1ccc(O)c(NC(=O)c2cccc(F)c2F)c1. The summed E-state index contributed by atoms with van der Waals surface area (Å²) in [4.78, 5) is 22.7. The lowest BCUT2D eigenvalue weighted by Crippen LogP contribution is -2.15. The number of hydrogen-bond acceptors (Lipinski definition) is 3. The van der Waals surface area contributed by atoms with Crippen LogP contribution in [0.4, 0.5) is 14.5 Å². The zero-order chi connectivity index (χ0) is 15.6. The van der Waals surface area contributed by atoms with Crippen LogP contribution in [0.25, 0.3) is 0 Å². The van der Waals surface area contributed by atoms with Gasteiger partial charge in [-0.05, 0) is 30.3 Å². The highest BCUT2D eigenvalue weighted by Gasteiger charge is 2.17. The fourth-order valence-corrected chi connectivity index (χ4v) is 1.64. The molecule has 7 heteroatoms. The molecule has 0 heterocycles. The fraction of sp³-hybridized carbons (Fsp3) is 0. The first-order chi connectivity index (χ1) is 9.90. The van der Waals surface area contributed by atoms with Crippen LogP contribution in [0, 0.1) is 11.6 Å². The smallest absolute Gasteiger partial charge is 0.335 e. The van der Waals surface area contributed by atoms with Gasteiger partial charge in [0.25, 0.3) is 5.91 Å². The molecule has 108 valence electrons. The van der Waals surface area contributed by atoms with Gasteiger partial charge in [-0.15, -0.1) is 0 Å². The average Bonchev–Trinajstić information content (AvgIpc) is 2.43. The molecule has 21 heavy (non-hydrogen) atoms. The quantitative estimate of drug-likeness (QED) is 0.759. The summed E-state index contributed by atoms with van der Waals surface area (Å²) < 4.78 is 26.5. The molecule has 0 aromatic heterocycles. The van der Waals surface area contributed by atoms with Crippen molar-refractivity contribution in [2.75, 3.05) is 5.32 Å². The lowest BCUT2D eigenvalue weighted by Gasteiger charge is -2.09. The second-order valence-corrected chi connectivity index (χ2v) is 4.09. The van der Waals surface area contributed by atoms with Gasteiger partial charge in [0.1, 0.15) is 5.75 Å². The van der Waals surface area contributed by atoms with Gasteiger partial charge in [0.15, 0.2) is 11.6 Å². The average molecular weight is 293 g/mol. The van der Waals surface area contributed by atoms with Crippen LogP contribution >= 0.6 is 0 Å². The zero-order valence-electron chi connectivity index (χ0n) is 10.4. The Bertz CT molecular complexity index is 731. The van der Waals surface area contributed by atoms with Crippen molar-refractivity contribution in [3.8, 4) is 5.75 Å². The number of phenolic OH excluding ortho intramolecular Hbond substituents is 1. The van der Waals surface area contributed by atoms with Gasteiger partial charge in [-0.2, -0.15) is 0 Å². The summed E-state index contributed by atoms with van der Waals surface area (Å²) in [6.07, 6.45) is 0. The summed E-state index contributed by atoms with van der Waals surface area (Å²) in [6, 6.07) is 6.28. The van der Waals surface area contributed by atoms with E-state index in [2.05, 4.69) is 5.32 Å². The molecular weight excluding hydrogens is 284 g/mol. The summed E-state index contributed by atoms with van der Waals surface area (Å²) in [6.45, 7) is 0. The van der Waals surface area contributed by atoms with Gasteiger partial charge in [0.05, 0.1) is 16.8 Å². The molecule has 0 aliphatic heterocycles. The molecule has 0 saturated carbocycles. The van der Waals surface area contributed by atoms with Crippen molar-refractivity contribution in [2.24, 2.45) is 0 Å². The first-order valence-corrected chi connectivity index (χ1v) is 5.72. The van der Waals surface area contributed by atoms with Crippen LogP contribution in [0.3, 0.4) is 0 Å². The molecule has 2 rings (SSSR count). The predicted molar refractivity (Wildman–Crippen MR) is 69.4 cm³/mol. The van der Waals surface area contributed by atoms with Gasteiger partial charge in [0.2, 0.25) is 0 Å². The number of halogens is 2. The molecule has 0 fully saturated rings. The normalized spacial score (nSPS) is 10.2. The van der Waals surface area contributed by atoms with E-state index in [1.165, 1.54) is 0 Å². The summed E-state index contributed by atoms with van der Waals surface area (Å²) in [5, 5.41) is 20.5. The molecule has 0 unspecified atom stereocenters. The molecule has 0 spiro atoms. The second kappa shape index (κ2) is 5.58. The van der Waals surface area contributed by atoms with Crippen molar-refractivity contribution < 1.29 is 28.6 Å². The standard InChI is InChI=1S/C14H9F2NO4/c15-9-3-1-2-8(12(9)16)13(19)17-10-6-7(14(20)21)4-5-11(10)18/h1-6,18H,(H,17,19)(H,20,21). The number of nitrogens with one attached hydrogen (secondary N) is 1. The first kappa shape index (κ1) is 14.4. The van der Waals surface area contributed by atoms with Crippen LogP contribution in [0.1, 0.15) is 20.7 Å². The van der Waals surface area contributed by atoms with Crippen molar-refractivity contribution in [2.45, 2.75) is 0 Å². The Kier molecular flexibility index (Phi) is 3.84. The topological polar surface area (TPSA) is 86.6 Å². The lowest BCUT2D eigenvalue weighted by molar-refractivity contribution is 0.0696. The van der Waals surface area contributed by atoms with Gasteiger partial charge in [0, 0.05) is 0 Å². The van der Waals surface area contributed by atoms with Crippen molar-refractivity contribution >= 4 is 17.6 Å². The fourth-order valence-electron chi connectivity index (χ4n) is 1.64. The number of hydrogen-bond donors (Lipinski definition) is 3. The summed E-state index contributed by atoms with van der Waals surface area (Å²) in [5.41, 5.74) is -0.957. The Morgan fingerprint density at radius 2 is 1.81 bits per heavy atom. The molecule has 0 saturated heterocycles. The number of carboxylic acids is 1. The number of carbonyl (C=O) groups is 2. The maximum atomic E-state index is 13.5. The minimum absolute atomic E-state index is 0.178. The van der Waals surface area contributed by atoms with Gasteiger partial charge >= 0.3 is 5.97 Å². The van der Waals surface area contributed by atoms with E-state index < -0.39 is 34.8 Å². The number of anilines is 1.